The lowest BCUT2D eigenvalue weighted by Gasteiger charge is -2.11. The van der Waals surface area contributed by atoms with E-state index in [1.807, 2.05) is 39.0 Å². The topological polar surface area (TPSA) is 94.7 Å². The Labute approximate surface area is 187 Å². The van der Waals surface area contributed by atoms with E-state index in [1.165, 1.54) is 6.33 Å². The molecule has 0 saturated carbocycles. The Bertz CT molecular complexity index is 1550. The number of carbonyl (C=O) groups is 1. The zero-order valence-electron chi connectivity index (χ0n) is 17.7. The summed E-state index contributed by atoms with van der Waals surface area (Å²) in [5.74, 6) is -0.436. The van der Waals surface area contributed by atoms with Gasteiger partial charge in [0.25, 0.3) is 11.5 Å². The minimum absolute atomic E-state index is 0.0727. The highest BCUT2D eigenvalue weighted by atomic mass is 32.1. The van der Waals surface area contributed by atoms with Crippen LogP contribution in [0.4, 0.5) is 0 Å². The predicted molar refractivity (Wildman–Crippen MR) is 126 cm³/mol. The zero-order valence-corrected chi connectivity index (χ0v) is 18.6. The standard InChI is InChI=1S/C23H20N6O2S/c1-13(2)29-21-17(11-25-29)16(10-19(26-21)20-9-8-14(3)32-20)22(30)27-28-12-24-18-7-5-4-6-15(18)23(28)31/h4-13H,1-3H3,(H,27,30). The molecule has 4 heterocycles. The number of hydrogen-bond donors (Lipinski definition) is 1. The van der Waals surface area contributed by atoms with Crippen molar-refractivity contribution in [2.45, 2.75) is 26.8 Å². The van der Waals surface area contributed by atoms with Crippen molar-refractivity contribution in [3.63, 3.8) is 0 Å². The molecule has 0 aliphatic carbocycles. The van der Waals surface area contributed by atoms with Crippen molar-refractivity contribution in [1.82, 2.24) is 24.4 Å². The van der Waals surface area contributed by atoms with Gasteiger partial charge < -0.3 is 0 Å². The van der Waals surface area contributed by atoms with Gasteiger partial charge in [0.1, 0.15) is 6.33 Å². The number of carbonyl (C=O) groups excluding carboxylic acids is 1. The van der Waals surface area contributed by atoms with Gasteiger partial charge in [-0.2, -0.15) is 5.10 Å². The van der Waals surface area contributed by atoms with Gasteiger partial charge in [-0.25, -0.2) is 19.3 Å². The summed E-state index contributed by atoms with van der Waals surface area (Å²) in [4.78, 5) is 37.3. The van der Waals surface area contributed by atoms with Crippen LogP contribution in [0.2, 0.25) is 0 Å². The van der Waals surface area contributed by atoms with Crippen molar-refractivity contribution in [3.8, 4) is 10.6 Å². The molecule has 1 N–H and O–H groups in total. The highest BCUT2D eigenvalue weighted by molar-refractivity contribution is 7.15. The molecule has 0 aliphatic rings. The molecule has 1 aromatic carbocycles. The summed E-state index contributed by atoms with van der Waals surface area (Å²) in [6.45, 7) is 6.05. The molecule has 8 nitrogen and oxygen atoms in total. The largest absolute Gasteiger partial charge is 0.280 e. The van der Waals surface area contributed by atoms with Crippen LogP contribution >= 0.6 is 11.3 Å². The first-order valence-corrected chi connectivity index (χ1v) is 11.0. The molecule has 4 aromatic heterocycles. The maximum atomic E-state index is 13.3. The van der Waals surface area contributed by atoms with Gasteiger partial charge in [-0.1, -0.05) is 12.1 Å². The maximum Gasteiger partial charge on any atom is 0.280 e. The van der Waals surface area contributed by atoms with Gasteiger partial charge in [0, 0.05) is 10.9 Å². The van der Waals surface area contributed by atoms with Crippen LogP contribution in [-0.2, 0) is 0 Å². The number of nitrogens with zero attached hydrogens (tertiary/aromatic N) is 5. The van der Waals surface area contributed by atoms with Crippen molar-refractivity contribution < 1.29 is 4.79 Å². The van der Waals surface area contributed by atoms with Gasteiger partial charge in [-0.3, -0.25) is 15.0 Å². The zero-order chi connectivity index (χ0) is 22.4. The summed E-state index contributed by atoms with van der Waals surface area (Å²) < 4.78 is 2.90. The fourth-order valence-electron chi connectivity index (χ4n) is 3.60. The van der Waals surface area contributed by atoms with Gasteiger partial charge in [0.2, 0.25) is 0 Å². The first-order chi connectivity index (χ1) is 15.4. The number of fused-ring (bicyclic) bond motifs is 2. The molecule has 0 spiro atoms. The third kappa shape index (κ3) is 3.36. The van der Waals surface area contributed by atoms with Crippen LogP contribution in [0.25, 0.3) is 32.5 Å². The highest BCUT2D eigenvalue weighted by Crippen LogP contribution is 2.30. The van der Waals surface area contributed by atoms with Crippen molar-refractivity contribution in [2.75, 3.05) is 5.43 Å². The Morgan fingerprint density at radius 2 is 1.94 bits per heavy atom. The number of pyridine rings is 1. The predicted octanol–water partition coefficient (Wildman–Crippen LogP) is 4.14. The van der Waals surface area contributed by atoms with Gasteiger partial charge in [-0.15, -0.1) is 11.3 Å². The molecular formula is C23H20N6O2S. The number of thiophene rings is 1. The van der Waals surface area contributed by atoms with Crippen LogP contribution in [0.5, 0.6) is 0 Å². The van der Waals surface area contributed by atoms with Crippen molar-refractivity contribution in [3.05, 3.63) is 75.8 Å². The molecule has 0 bridgehead atoms. The summed E-state index contributed by atoms with van der Waals surface area (Å²) in [5, 5.41) is 5.49. The summed E-state index contributed by atoms with van der Waals surface area (Å²) in [6.07, 6.45) is 2.96. The number of para-hydroxylation sites is 1. The highest BCUT2D eigenvalue weighted by Gasteiger charge is 2.20. The van der Waals surface area contributed by atoms with E-state index in [0.29, 0.717) is 33.2 Å². The lowest BCUT2D eigenvalue weighted by atomic mass is 10.1. The van der Waals surface area contributed by atoms with Gasteiger partial charge in [0.05, 0.1) is 38.6 Å². The molecule has 9 heteroatoms. The monoisotopic (exact) mass is 444 g/mol. The number of amides is 1. The normalized spacial score (nSPS) is 11.5. The van der Waals surface area contributed by atoms with E-state index in [9.17, 15) is 9.59 Å². The first kappa shape index (κ1) is 20.1. The number of nitrogens with one attached hydrogen (secondary N) is 1. The molecule has 0 aliphatic heterocycles. The number of rotatable bonds is 4. The van der Waals surface area contributed by atoms with E-state index in [-0.39, 0.29) is 11.6 Å². The van der Waals surface area contributed by atoms with Crippen molar-refractivity contribution in [1.29, 1.82) is 0 Å². The number of aromatic nitrogens is 5. The number of benzene rings is 1. The third-order valence-corrected chi connectivity index (χ3v) is 6.20. The molecular weight excluding hydrogens is 424 g/mol. The van der Waals surface area contributed by atoms with Crippen LogP contribution in [0.3, 0.4) is 0 Å². The fraction of sp³-hybridized carbons (Fsp3) is 0.174. The van der Waals surface area contributed by atoms with Gasteiger partial charge in [0.15, 0.2) is 5.65 Å². The van der Waals surface area contributed by atoms with E-state index in [4.69, 9.17) is 4.98 Å². The summed E-state index contributed by atoms with van der Waals surface area (Å²) in [5.41, 5.74) is 4.60. The maximum absolute atomic E-state index is 13.3. The van der Waals surface area contributed by atoms with E-state index in [2.05, 4.69) is 15.5 Å². The molecule has 0 unspecified atom stereocenters. The van der Waals surface area contributed by atoms with E-state index in [0.717, 1.165) is 14.4 Å². The lowest BCUT2D eigenvalue weighted by molar-refractivity contribution is 0.101. The lowest BCUT2D eigenvalue weighted by Crippen LogP contribution is -2.33. The molecule has 0 fully saturated rings. The average molecular weight is 445 g/mol. The van der Waals surface area contributed by atoms with Crippen LogP contribution in [0.15, 0.2) is 59.8 Å². The minimum Gasteiger partial charge on any atom is -0.267 e. The Hall–Kier alpha value is -3.85. The molecule has 32 heavy (non-hydrogen) atoms. The van der Waals surface area contributed by atoms with Gasteiger partial charge in [-0.05, 0) is 51.1 Å². The van der Waals surface area contributed by atoms with E-state index in [1.54, 1.807) is 46.5 Å². The molecule has 5 rings (SSSR count). The number of hydrogen-bond acceptors (Lipinski definition) is 6. The Morgan fingerprint density at radius 3 is 2.69 bits per heavy atom. The van der Waals surface area contributed by atoms with Crippen LogP contribution < -0.4 is 11.0 Å². The molecule has 160 valence electrons. The van der Waals surface area contributed by atoms with Crippen LogP contribution in [0, 0.1) is 6.92 Å². The van der Waals surface area contributed by atoms with Crippen LogP contribution in [0.1, 0.15) is 35.1 Å². The summed E-state index contributed by atoms with van der Waals surface area (Å²) >= 11 is 1.61. The molecule has 0 saturated heterocycles. The smallest absolute Gasteiger partial charge is 0.267 e. The van der Waals surface area contributed by atoms with E-state index < -0.39 is 5.91 Å². The summed E-state index contributed by atoms with van der Waals surface area (Å²) in [7, 11) is 0. The van der Waals surface area contributed by atoms with E-state index >= 15 is 0 Å². The molecule has 5 aromatic rings. The summed E-state index contributed by atoms with van der Waals surface area (Å²) in [6, 6.07) is 12.8. The number of aryl methyl sites for hydroxylation is 1. The molecule has 1 amide bonds. The van der Waals surface area contributed by atoms with Gasteiger partial charge >= 0.3 is 0 Å². The average Bonchev–Trinajstić information content (AvgIpc) is 3.41. The van der Waals surface area contributed by atoms with Crippen molar-refractivity contribution in [2.24, 2.45) is 0 Å². The second-order valence-electron chi connectivity index (χ2n) is 7.76. The fourth-order valence-corrected chi connectivity index (χ4v) is 4.43. The Kier molecular flexibility index (Phi) is 4.82. The minimum atomic E-state index is -0.436. The Morgan fingerprint density at radius 1 is 1.12 bits per heavy atom. The van der Waals surface area contributed by atoms with Crippen LogP contribution in [-0.4, -0.2) is 30.3 Å². The molecule has 0 radical (unpaired) electrons. The quantitative estimate of drug-likeness (QED) is 0.449. The van der Waals surface area contributed by atoms with Crippen molar-refractivity contribution >= 4 is 39.2 Å². The second kappa shape index (κ2) is 7.69. The Balaban J connectivity index is 1.63. The second-order valence-corrected chi connectivity index (χ2v) is 9.05. The third-order valence-electron chi connectivity index (χ3n) is 5.18. The molecule has 0 atom stereocenters. The SMILES string of the molecule is Cc1ccc(-c2cc(C(=O)Nn3cnc4ccccc4c3=O)c3cnn(C(C)C)c3n2)s1. The first-order valence-electron chi connectivity index (χ1n) is 10.1.